The van der Waals surface area contributed by atoms with Crippen LogP contribution in [0.5, 0.6) is 0 Å². The fourth-order valence-corrected chi connectivity index (χ4v) is 6.46. The van der Waals surface area contributed by atoms with E-state index < -0.39 is 5.97 Å². The van der Waals surface area contributed by atoms with Crippen molar-refractivity contribution in [2.24, 2.45) is 11.3 Å². The first-order chi connectivity index (χ1) is 18.2. The smallest absolute Gasteiger partial charge is 0.335 e. The Morgan fingerprint density at radius 3 is 2.61 bits per heavy atom. The number of nitrogens with one attached hydrogen (secondary N) is 1. The molecule has 1 aliphatic heterocycles. The Kier molecular flexibility index (Phi) is 7.84. The number of morpholine rings is 1. The van der Waals surface area contributed by atoms with E-state index in [0.717, 1.165) is 74.3 Å². The third-order valence-electron chi connectivity index (χ3n) is 8.02. The van der Waals surface area contributed by atoms with Gasteiger partial charge in [-0.3, -0.25) is 9.69 Å². The van der Waals surface area contributed by atoms with Crippen molar-refractivity contribution in [1.29, 1.82) is 0 Å². The zero-order valence-corrected chi connectivity index (χ0v) is 23.3. The van der Waals surface area contributed by atoms with Gasteiger partial charge in [-0.2, -0.15) is 0 Å². The van der Waals surface area contributed by atoms with Crippen LogP contribution in [0.15, 0.2) is 36.4 Å². The number of fused-ring (bicyclic) bond motifs is 2. The Balaban J connectivity index is 1.35. The molecule has 2 N–H and O–H groups in total. The molecule has 202 valence electrons. The van der Waals surface area contributed by atoms with E-state index in [1.54, 1.807) is 24.3 Å². The minimum Gasteiger partial charge on any atom is -0.478 e. The van der Waals surface area contributed by atoms with E-state index >= 15 is 0 Å². The van der Waals surface area contributed by atoms with Crippen LogP contribution in [-0.4, -0.2) is 59.7 Å². The molecule has 8 heteroatoms. The molecule has 3 aromatic rings. The summed E-state index contributed by atoms with van der Waals surface area (Å²) in [6.07, 6.45) is 3.90. The highest BCUT2D eigenvalue weighted by Gasteiger charge is 2.30. The van der Waals surface area contributed by atoms with Crippen molar-refractivity contribution in [3.63, 3.8) is 0 Å². The maximum Gasteiger partial charge on any atom is 0.335 e. The second-order valence-corrected chi connectivity index (χ2v) is 12.6. The number of aryl methyl sites for hydroxylation is 1. The highest BCUT2D eigenvalue weighted by atomic mass is 32.1. The Labute approximate surface area is 228 Å². The van der Waals surface area contributed by atoms with Crippen LogP contribution in [0.1, 0.15) is 76.5 Å². The van der Waals surface area contributed by atoms with E-state index in [2.05, 4.69) is 37.1 Å². The fraction of sp³-hybridized carbons (Fsp3) is 0.500. The number of ether oxygens (including phenoxy) is 1. The van der Waals surface area contributed by atoms with Crippen LogP contribution < -0.4 is 5.32 Å². The molecule has 1 saturated heterocycles. The van der Waals surface area contributed by atoms with E-state index in [4.69, 9.17) is 9.72 Å². The molecule has 0 unspecified atom stereocenters. The first-order valence-electron chi connectivity index (χ1n) is 13.5. The number of benzene rings is 1. The number of carbonyl (C=O) groups is 2. The average molecular weight is 536 g/mol. The van der Waals surface area contributed by atoms with Crippen molar-refractivity contribution in [3.8, 4) is 0 Å². The van der Waals surface area contributed by atoms with E-state index in [-0.39, 0.29) is 22.9 Å². The van der Waals surface area contributed by atoms with Gasteiger partial charge < -0.3 is 15.2 Å². The summed E-state index contributed by atoms with van der Waals surface area (Å²) in [4.78, 5) is 33.7. The molecule has 2 aromatic heterocycles. The summed E-state index contributed by atoms with van der Waals surface area (Å²) in [5.74, 6) is -0.442. The number of carbonyl (C=O) groups excluding carboxylic acids is 1. The normalized spacial score (nSPS) is 19.2. The van der Waals surface area contributed by atoms with Crippen LogP contribution in [0, 0.1) is 11.3 Å². The molecule has 0 bridgehead atoms. The largest absolute Gasteiger partial charge is 0.478 e. The van der Waals surface area contributed by atoms with E-state index in [9.17, 15) is 14.7 Å². The van der Waals surface area contributed by atoms with Gasteiger partial charge in [0.25, 0.3) is 5.91 Å². The molecule has 1 aliphatic carbocycles. The van der Waals surface area contributed by atoms with Gasteiger partial charge in [-0.15, -0.1) is 11.3 Å². The van der Waals surface area contributed by atoms with Crippen molar-refractivity contribution in [2.45, 2.75) is 52.5 Å². The van der Waals surface area contributed by atoms with Crippen LogP contribution in [0.2, 0.25) is 0 Å². The molecule has 7 nitrogen and oxygen atoms in total. The van der Waals surface area contributed by atoms with Crippen molar-refractivity contribution in [1.82, 2.24) is 15.2 Å². The van der Waals surface area contributed by atoms with E-state index in [1.807, 2.05) is 6.07 Å². The lowest BCUT2D eigenvalue weighted by Crippen LogP contribution is -2.39. The second kappa shape index (κ2) is 11.1. The first kappa shape index (κ1) is 26.8. The van der Waals surface area contributed by atoms with Gasteiger partial charge >= 0.3 is 5.97 Å². The lowest BCUT2D eigenvalue weighted by molar-refractivity contribution is 0.0360. The van der Waals surface area contributed by atoms with Gasteiger partial charge in [-0.25, -0.2) is 9.78 Å². The lowest BCUT2D eigenvalue weighted by Gasteiger charge is -2.34. The Morgan fingerprint density at radius 1 is 1.18 bits per heavy atom. The number of carboxylic acid groups (broad SMARTS) is 1. The number of thiophene rings is 1. The number of hydrogen-bond donors (Lipinski definition) is 2. The van der Waals surface area contributed by atoms with Gasteiger partial charge in [-0.1, -0.05) is 32.9 Å². The minimum absolute atomic E-state index is 0.118. The molecular formula is C30H37N3O4S. The van der Waals surface area contributed by atoms with Crippen molar-refractivity contribution >= 4 is 33.4 Å². The molecule has 1 fully saturated rings. The summed E-state index contributed by atoms with van der Waals surface area (Å²) in [5.41, 5.74) is 3.90. The molecule has 1 aromatic carbocycles. The number of aromatic carboxylic acids is 1. The minimum atomic E-state index is -0.959. The Bertz CT molecular complexity index is 1310. The van der Waals surface area contributed by atoms with Crippen molar-refractivity contribution < 1.29 is 19.4 Å². The maximum atomic E-state index is 13.5. The monoisotopic (exact) mass is 535 g/mol. The van der Waals surface area contributed by atoms with E-state index in [0.29, 0.717) is 10.8 Å². The number of hydrogen-bond acceptors (Lipinski definition) is 6. The average Bonchev–Trinajstić information content (AvgIpc) is 3.32. The topological polar surface area (TPSA) is 91.8 Å². The Hall–Kier alpha value is -2.81. The summed E-state index contributed by atoms with van der Waals surface area (Å²) < 4.78 is 5.47. The molecule has 2 aliphatic rings. The van der Waals surface area contributed by atoms with Crippen LogP contribution in [0.25, 0.3) is 10.2 Å². The maximum absolute atomic E-state index is 13.5. The summed E-state index contributed by atoms with van der Waals surface area (Å²) >= 11 is 1.45. The van der Waals surface area contributed by atoms with Crippen LogP contribution in [-0.2, 0) is 17.6 Å². The standard InChI is InChI=1S/C30H37N3O4S/c1-30(2,3)23-8-9-24-21(17-23)16-22-18-26(38-28(22)32-24)27(34)31-25(10-11-33-12-14-37-15-13-33)19-4-6-20(7-5-19)29(35)36/h4-7,16,18,23,25H,8-15,17H2,1-3H3,(H,31,34)(H,35,36)/t23-,25+/m0/s1. The van der Waals surface area contributed by atoms with Crippen LogP contribution in [0.3, 0.4) is 0 Å². The highest BCUT2D eigenvalue weighted by molar-refractivity contribution is 7.20. The quantitative estimate of drug-likeness (QED) is 0.424. The third kappa shape index (κ3) is 6.08. The second-order valence-electron chi connectivity index (χ2n) is 11.6. The molecule has 0 spiro atoms. The summed E-state index contributed by atoms with van der Waals surface area (Å²) in [6, 6.07) is 10.8. The highest BCUT2D eigenvalue weighted by Crippen LogP contribution is 2.38. The molecular weight excluding hydrogens is 498 g/mol. The SMILES string of the molecule is CC(C)(C)[C@H]1CCc2nc3sc(C(=O)N[C@H](CCN4CCOCC4)c4ccc(C(=O)O)cc4)cc3cc2C1. The summed E-state index contributed by atoms with van der Waals surface area (Å²) in [5, 5.41) is 13.6. The number of rotatable bonds is 7. The predicted octanol–water partition coefficient (Wildman–Crippen LogP) is 5.34. The predicted molar refractivity (Wildman–Crippen MR) is 150 cm³/mol. The Morgan fingerprint density at radius 2 is 1.92 bits per heavy atom. The fourth-order valence-electron chi connectivity index (χ4n) is 5.52. The molecule has 3 heterocycles. The zero-order chi connectivity index (χ0) is 26.9. The van der Waals surface area contributed by atoms with Gasteiger partial charge in [0.2, 0.25) is 0 Å². The lowest BCUT2D eigenvalue weighted by atomic mass is 9.71. The number of amides is 1. The van der Waals surface area contributed by atoms with Gasteiger partial charge in [0.15, 0.2) is 0 Å². The van der Waals surface area contributed by atoms with E-state index in [1.165, 1.54) is 22.6 Å². The molecule has 0 radical (unpaired) electrons. The van der Waals surface area contributed by atoms with Gasteiger partial charge in [0, 0.05) is 30.7 Å². The third-order valence-corrected chi connectivity index (χ3v) is 9.07. The number of nitrogens with zero attached hydrogens (tertiary/aromatic N) is 2. The summed E-state index contributed by atoms with van der Waals surface area (Å²) in [7, 11) is 0. The van der Waals surface area contributed by atoms with Crippen molar-refractivity contribution in [3.05, 3.63) is 63.7 Å². The van der Waals surface area contributed by atoms with Gasteiger partial charge in [0.1, 0.15) is 4.83 Å². The molecule has 38 heavy (non-hydrogen) atoms. The molecule has 1 amide bonds. The van der Waals surface area contributed by atoms with Crippen LogP contribution >= 0.6 is 11.3 Å². The molecule has 0 saturated carbocycles. The number of carboxylic acids is 1. The van der Waals surface area contributed by atoms with Gasteiger partial charge in [-0.05, 0) is 72.4 Å². The zero-order valence-electron chi connectivity index (χ0n) is 22.5. The van der Waals surface area contributed by atoms with Crippen molar-refractivity contribution in [2.75, 3.05) is 32.8 Å². The summed E-state index contributed by atoms with van der Waals surface area (Å²) in [6.45, 7) is 11.0. The molecule has 5 rings (SSSR count). The van der Waals surface area contributed by atoms with Crippen LogP contribution in [0.4, 0.5) is 0 Å². The first-order valence-corrected chi connectivity index (χ1v) is 14.4. The number of pyridine rings is 1. The van der Waals surface area contributed by atoms with Gasteiger partial charge in [0.05, 0.1) is 29.7 Å². The number of aromatic nitrogens is 1. The molecule has 2 atom stereocenters.